The van der Waals surface area contributed by atoms with Gasteiger partial charge in [0.05, 0.1) is 0 Å². The number of carbonyl (C=O) groups excluding carboxylic acids is 1. The molecule has 2 rings (SSSR count). The zero-order chi connectivity index (χ0) is 11.0. The Morgan fingerprint density at radius 2 is 1.87 bits per heavy atom. The van der Waals surface area contributed by atoms with E-state index in [0.717, 1.165) is 34.0 Å². The molecule has 2 nitrogen and oxygen atoms in total. The minimum Gasteiger partial charge on any atom is -0.349 e. The van der Waals surface area contributed by atoms with Crippen LogP contribution in [0.5, 0.6) is 0 Å². The average molecular weight is 268 g/mol. The van der Waals surface area contributed by atoms with Crippen molar-refractivity contribution in [3.05, 3.63) is 33.3 Å². The highest BCUT2D eigenvalue weighted by Gasteiger charge is 2.25. The third kappa shape index (κ3) is 2.40. The lowest BCUT2D eigenvalue weighted by Crippen LogP contribution is -2.26. The van der Waals surface area contributed by atoms with Crippen LogP contribution in [0, 0.1) is 13.8 Å². The number of hydrogen-bond donors (Lipinski definition) is 1. The number of carbonyl (C=O) groups is 1. The molecule has 1 aliphatic rings. The quantitative estimate of drug-likeness (QED) is 0.877. The maximum atomic E-state index is 11.9. The summed E-state index contributed by atoms with van der Waals surface area (Å²) in [5.41, 5.74) is 2.88. The van der Waals surface area contributed by atoms with E-state index in [1.165, 1.54) is 0 Å². The highest BCUT2D eigenvalue weighted by Crippen LogP contribution is 2.23. The minimum absolute atomic E-state index is 0.0694. The number of rotatable bonds is 2. The van der Waals surface area contributed by atoms with Crippen LogP contribution in [0.1, 0.15) is 34.3 Å². The Balaban J connectivity index is 2.29. The second-order valence-corrected chi connectivity index (χ2v) is 5.08. The fraction of sp³-hybridized carbons (Fsp3) is 0.417. The summed E-state index contributed by atoms with van der Waals surface area (Å²) >= 11 is 3.43. The van der Waals surface area contributed by atoms with Crippen molar-refractivity contribution in [2.24, 2.45) is 0 Å². The van der Waals surface area contributed by atoms with Crippen LogP contribution >= 0.6 is 15.9 Å². The Kier molecular flexibility index (Phi) is 2.83. The first-order valence-corrected chi connectivity index (χ1v) is 5.95. The van der Waals surface area contributed by atoms with Crippen LogP contribution in [0.2, 0.25) is 0 Å². The summed E-state index contributed by atoms with van der Waals surface area (Å²) in [6, 6.07) is 4.38. The smallest absolute Gasteiger partial charge is 0.252 e. The summed E-state index contributed by atoms with van der Waals surface area (Å²) in [6.07, 6.45) is 2.25. The lowest BCUT2D eigenvalue weighted by Gasteiger charge is -2.10. The maximum absolute atomic E-state index is 11.9. The second-order valence-electron chi connectivity index (χ2n) is 4.16. The van der Waals surface area contributed by atoms with Crippen LogP contribution < -0.4 is 5.32 Å². The monoisotopic (exact) mass is 267 g/mol. The number of halogens is 1. The Morgan fingerprint density at radius 3 is 2.33 bits per heavy atom. The Hall–Kier alpha value is -0.830. The van der Waals surface area contributed by atoms with Crippen LogP contribution in [-0.4, -0.2) is 11.9 Å². The molecule has 0 heterocycles. The topological polar surface area (TPSA) is 29.1 Å². The SMILES string of the molecule is Cc1cc(Br)cc(C)c1C(=O)NC1CC1. The van der Waals surface area contributed by atoms with Gasteiger partial charge >= 0.3 is 0 Å². The van der Waals surface area contributed by atoms with Gasteiger partial charge in [0, 0.05) is 16.1 Å². The van der Waals surface area contributed by atoms with Gasteiger partial charge in [0.2, 0.25) is 0 Å². The molecule has 0 atom stereocenters. The molecular formula is C12H14BrNO. The first-order valence-electron chi connectivity index (χ1n) is 5.15. The lowest BCUT2D eigenvalue weighted by molar-refractivity contribution is 0.0950. The van der Waals surface area contributed by atoms with E-state index in [1.807, 2.05) is 26.0 Å². The van der Waals surface area contributed by atoms with Crippen molar-refractivity contribution in [2.45, 2.75) is 32.7 Å². The summed E-state index contributed by atoms with van der Waals surface area (Å²) in [5.74, 6) is 0.0694. The Bertz CT molecular complexity index is 387. The first kappa shape index (κ1) is 10.7. The number of benzene rings is 1. The van der Waals surface area contributed by atoms with Crippen molar-refractivity contribution < 1.29 is 4.79 Å². The molecule has 1 amide bonds. The third-order valence-corrected chi connectivity index (χ3v) is 3.09. The summed E-state index contributed by atoms with van der Waals surface area (Å²) < 4.78 is 1.03. The zero-order valence-corrected chi connectivity index (χ0v) is 10.5. The van der Waals surface area contributed by atoms with E-state index < -0.39 is 0 Å². The number of aryl methyl sites for hydroxylation is 2. The molecule has 0 bridgehead atoms. The van der Waals surface area contributed by atoms with Gasteiger partial charge in [-0.1, -0.05) is 15.9 Å². The van der Waals surface area contributed by atoms with Crippen molar-refractivity contribution in [2.75, 3.05) is 0 Å². The van der Waals surface area contributed by atoms with E-state index in [4.69, 9.17) is 0 Å². The second kappa shape index (κ2) is 3.97. The molecule has 1 aromatic carbocycles. The molecule has 1 fully saturated rings. The number of hydrogen-bond acceptors (Lipinski definition) is 1. The summed E-state index contributed by atoms with van der Waals surface area (Å²) in [5, 5.41) is 3.02. The van der Waals surface area contributed by atoms with E-state index in [0.29, 0.717) is 6.04 Å². The molecule has 0 saturated heterocycles. The largest absolute Gasteiger partial charge is 0.349 e. The average Bonchev–Trinajstić information content (AvgIpc) is 2.85. The van der Waals surface area contributed by atoms with Gasteiger partial charge in [0.15, 0.2) is 0 Å². The van der Waals surface area contributed by atoms with Gasteiger partial charge in [-0.05, 0) is 49.9 Å². The van der Waals surface area contributed by atoms with Crippen molar-refractivity contribution in [3.8, 4) is 0 Å². The number of amides is 1. The van der Waals surface area contributed by atoms with E-state index >= 15 is 0 Å². The van der Waals surface area contributed by atoms with E-state index in [9.17, 15) is 4.79 Å². The van der Waals surface area contributed by atoms with Crippen LogP contribution in [-0.2, 0) is 0 Å². The molecule has 1 saturated carbocycles. The minimum atomic E-state index is 0.0694. The molecule has 0 unspecified atom stereocenters. The van der Waals surface area contributed by atoms with Crippen LogP contribution in [0.4, 0.5) is 0 Å². The highest BCUT2D eigenvalue weighted by atomic mass is 79.9. The van der Waals surface area contributed by atoms with Gasteiger partial charge in [-0.15, -0.1) is 0 Å². The van der Waals surface area contributed by atoms with Gasteiger partial charge in [0.1, 0.15) is 0 Å². The Morgan fingerprint density at radius 1 is 1.33 bits per heavy atom. The van der Waals surface area contributed by atoms with Crippen molar-refractivity contribution >= 4 is 21.8 Å². The van der Waals surface area contributed by atoms with Crippen LogP contribution in [0.3, 0.4) is 0 Å². The first-order chi connectivity index (χ1) is 7.08. The highest BCUT2D eigenvalue weighted by molar-refractivity contribution is 9.10. The summed E-state index contributed by atoms with van der Waals surface area (Å²) in [4.78, 5) is 11.9. The molecule has 0 aromatic heterocycles. The fourth-order valence-electron chi connectivity index (χ4n) is 1.75. The van der Waals surface area contributed by atoms with Crippen molar-refractivity contribution in [3.63, 3.8) is 0 Å². The molecule has 80 valence electrons. The number of nitrogens with one attached hydrogen (secondary N) is 1. The predicted octanol–water partition coefficient (Wildman–Crippen LogP) is 2.96. The molecule has 1 aromatic rings. The fourth-order valence-corrected chi connectivity index (χ4v) is 2.44. The maximum Gasteiger partial charge on any atom is 0.252 e. The van der Waals surface area contributed by atoms with E-state index in [-0.39, 0.29) is 5.91 Å². The molecule has 0 aliphatic heterocycles. The van der Waals surface area contributed by atoms with Crippen molar-refractivity contribution in [1.82, 2.24) is 5.32 Å². The lowest BCUT2D eigenvalue weighted by atomic mass is 10.0. The molecule has 1 N–H and O–H groups in total. The molecule has 15 heavy (non-hydrogen) atoms. The third-order valence-electron chi connectivity index (χ3n) is 2.64. The normalized spacial score (nSPS) is 15.1. The standard InChI is InChI=1S/C12H14BrNO/c1-7-5-9(13)6-8(2)11(7)12(15)14-10-3-4-10/h5-6,10H,3-4H2,1-2H3,(H,14,15). The van der Waals surface area contributed by atoms with Gasteiger partial charge in [-0.2, -0.15) is 0 Å². The van der Waals surface area contributed by atoms with Gasteiger partial charge in [0.25, 0.3) is 5.91 Å². The van der Waals surface area contributed by atoms with Crippen LogP contribution in [0.15, 0.2) is 16.6 Å². The summed E-state index contributed by atoms with van der Waals surface area (Å²) in [6.45, 7) is 3.94. The Labute approximate surface area is 98.2 Å². The molecule has 0 spiro atoms. The van der Waals surface area contributed by atoms with Gasteiger partial charge < -0.3 is 5.32 Å². The summed E-state index contributed by atoms with van der Waals surface area (Å²) in [7, 11) is 0. The molecule has 1 aliphatic carbocycles. The van der Waals surface area contributed by atoms with E-state index in [2.05, 4.69) is 21.2 Å². The molecule has 3 heteroatoms. The predicted molar refractivity (Wildman–Crippen MR) is 64.1 cm³/mol. The van der Waals surface area contributed by atoms with Crippen molar-refractivity contribution in [1.29, 1.82) is 0 Å². The molecular weight excluding hydrogens is 254 g/mol. The van der Waals surface area contributed by atoms with Crippen LogP contribution in [0.25, 0.3) is 0 Å². The van der Waals surface area contributed by atoms with Gasteiger partial charge in [-0.3, -0.25) is 4.79 Å². The zero-order valence-electron chi connectivity index (χ0n) is 8.93. The van der Waals surface area contributed by atoms with Gasteiger partial charge in [-0.25, -0.2) is 0 Å². The van der Waals surface area contributed by atoms with E-state index in [1.54, 1.807) is 0 Å². The molecule has 0 radical (unpaired) electrons.